The van der Waals surface area contributed by atoms with Crippen LogP contribution in [0.3, 0.4) is 0 Å². The van der Waals surface area contributed by atoms with Crippen molar-refractivity contribution in [3.8, 4) is 0 Å². The molecule has 5 aliphatic carbocycles. The molecule has 43 heavy (non-hydrogen) atoms. The van der Waals surface area contributed by atoms with Gasteiger partial charge in [-0.3, -0.25) is 9.59 Å². The first-order valence-corrected chi connectivity index (χ1v) is 17.8. The van der Waals surface area contributed by atoms with Gasteiger partial charge in [0, 0.05) is 6.61 Å². The number of hydrogen-bond donors (Lipinski definition) is 0. The van der Waals surface area contributed by atoms with Gasteiger partial charge in [-0.25, -0.2) is 0 Å². The molecule has 5 fully saturated rings. The first-order valence-electron chi connectivity index (χ1n) is 17.8. The summed E-state index contributed by atoms with van der Waals surface area (Å²) in [7, 11) is 0. The highest BCUT2D eigenvalue weighted by molar-refractivity contribution is 5.83. The molecule has 11 atom stereocenters. The average molecular weight is 597 g/mol. The largest absolute Gasteiger partial charge is 0.457 e. The Balaban J connectivity index is 1.32. The number of ether oxygens (including phenoxy) is 3. The molecule has 0 aromatic heterocycles. The third-order valence-corrected chi connectivity index (χ3v) is 15.2. The number of hydrogen-bond acceptors (Lipinski definition) is 5. The molecule has 6 aliphatic rings. The van der Waals surface area contributed by atoms with Crippen molar-refractivity contribution < 1.29 is 23.8 Å². The molecule has 0 bridgehead atoms. The van der Waals surface area contributed by atoms with Crippen molar-refractivity contribution in [1.82, 2.24) is 0 Å². The van der Waals surface area contributed by atoms with Crippen LogP contribution in [0.25, 0.3) is 0 Å². The lowest BCUT2D eigenvalue weighted by molar-refractivity contribution is -0.257. The fourth-order valence-corrected chi connectivity index (χ4v) is 12.4. The van der Waals surface area contributed by atoms with E-state index in [4.69, 9.17) is 14.2 Å². The Kier molecular flexibility index (Phi) is 8.10. The Hall–Kier alpha value is -1.20. The van der Waals surface area contributed by atoms with Crippen molar-refractivity contribution in [1.29, 1.82) is 0 Å². The number of Topliss-reactive ketones (excluding diaryl/α,β-unsaturated/α-hetero) is 1. The highest BCUT2D eigenvalue weighted by atomic mass is 16.7. The van der Waals surface area contributed by atoms with Crippen LogP contribution in [0, 0.1) is 56.7 Å². The van der Waals surface area contributed by atoms with E-state index in [0.717, 1.165) is 58.0 Å². The van der Waals surface area contributed by atoms with Crippen molar-refractivity contribution >= 4 is 11.8 Å². The average Bonchev–Trinajstić information content (AvgIpc) is 2.96. The van der Waals surface area contributed by atoms with E-state index in [2.05, 4.69) is 54.5 Å². The molecule has 2 unspecified atom stereocenters. The monoisotopic (exact) mass is 596 g/mol. The van der Waals surface area contributed by atoms with Crippen LogP contribution in [0.4, 0.5) is 0 Å². The van der Waals surface area contributed by atoms with Crippen LogP contribution in [0.5, 0.6) is 0 Å². The molecule has 1 aliphatic heterocycles. The molecule has 0 spiro atoms. The van der Waals surface area contributed by atoms with Gasteiger partial charge < -0.3 is 14.2 Å². The van der Waals surface area contributed by atoms with Gasteiger partial charge in [0.25, 0.3) is 0 Å². The molecule has 242 valence electrons. The molecule has 5 nitrogen and oxygen atoms in total. The number of carbonyl (C=O) groups is 2. The summed E-state index contributed by atoms with van der Waals surface area (Å²) in [5, 5.41) is 0. The zero-order valence-corrected chi connectivity index (χ0v) is 28.6. The topological polar surface area (TPSA) is 61.8 Å². The molecule has 4 saturated carbocycles. The molecule has 0 amide bonds. The van der Waals surface area contributed by atoms with Crippen molar-refractivity contribution in [3.63, 3.8) is 0 Å². The van der Waals surface area contributed by atoms with Gasteiger partial charge in [0.2, 0.25) is 0 Å². The molecular weight excluding hydrogens is 536 g/mol. The van der Waals surface area contributed by atoms with E-state index in [0.29, 0.717) is 23.7 Å². The number of rotatable bonds is 5. The lowest BCUT2D eigenvalue weighted by Crippen LogP contribution is -2.65. The van der Waals surface area contributed by atoms with Gasteiger partial charge in [0.15, 0.2) is 12.1 Å². The highest BCUT2D eigenvalue weighted by Gasteiger charge is 2.69. The van der Waals surface area contributed by atoms with Crippen LogP contribution < -0.4 is 0 Å². The minimum atomic E-state index is -0.490. The van der Waals surface area contributed by atoms with Crippen LogP contribution >= 0.6 is 0 Å². The van der Waals surface area contributed by atoms with E-state index in [1.165, 1.54) is 32.6 Å². The maximum Gasteiger partial charge on any atom is 0.313 e. The molecule has 0 aromatic carbocycles. The van der Waals surface area contributed by atoms with Crippen molar-refractivity contribution in [2.45, 2.75) is 145 Å². The fraction of sp³-hybridized carbons (Fsp3) is 0.895. The van der Waals surface area contributed by atoms with Crippen LogP contribution in [0.15, 0.2) is 11.6 Å². The third kappa shape index (κ3) is 4.66. The molecule has 0 radical (unpaired) electrons. The number of esters is 1. The number of fused-ring (bicyclic) bond motifs is 7. The van der Waals surface area contributed by atoms with Gasteiger partial charge in [-0.05, 0) is 135 Å². The van der Waals surface area contributed by atoms with Gasteiger partial charge in [-0.15, -0.1) is 0 Å². The smallest absolute Gasteiger partial charge is 0.313 e. The summed E-state index contributed by atoms with van der Waals surface area (Å²) in [6, 6.07) is 0. The van der Waals surface area contributed by atoms with E-state index in [-0.39, 0.29) is 58.3 Å². The number of ketones is 1. The van der Waals surface area contributed by atoms with E-state index in [1.54, 1.807) is 5.57 Å². The Morgan fingerprint density at radius 3 is 2.37 bits per heavy atom. The minimum absolute atomic E-state index is 0.0279. The van der Waals surface area contributed by atoms with E-state index in [1.807, 2.05) is 0 Å². The first-order chi connectivity index (χ1) is 20.2. The van der Waals surface area contributed by atoms with Crippen molar-refractivity contribution in [2.75, 3.05) is 13.2 Å². The molecular formula is C38H60O5. The summed E-state index contributed by atoms with van der Waals surface area (Å²) >= 11 is 0. The summed E-state index contributed by atoms with van der Waals surface area (Å²) in [4.78, 5) is 25.7. The molecule has 0 N–H and O–H groups in total. The summed E-state index contributed by atoms with van der Waals surface area (Å²) in [6.07, 6.45) is 16.0. The van der Waals surface area contributed by atoms with Crippen molar-refractivity contribution in [3.05, 3.63) is 11.6 Å². The van der Waals surface area contributed by atoms with Gasteiger partial charge in [-0.2, -0.15) is 0 Å². The van der Waals surface area contributed by atoms with Crippen LogP contribution in [0.1, 0.15) is 132 Å². The van der Waals surface area contributed by atoms with Gasteiger partial charge in [0.05, 0.1) is 11.5 Å². The van der Waals surface area contributed by atoms with Crippen LogP contribution in [0.2, 0.25) is 0 Å². The summed E-state index contributed by atoms with van der Waals surface area (Å²) in [6.45, 7) is 19.8. The van der Waals surface area contributed by atoms with Gasteiger partial charge in [-0.1, -0.05) is 60.1 Å². The number of allylic oxidation sites excluding steroid dienone is 2. The maximum atomic E-state index is 13.9. The molecule has 1 saturated heterocycles. The van der Waals surface area contributed by atoms with Gasteiger partial charge >= 0.3 is 5.97 Å². The van der Waals surface area contributed by atoms with Gasteiger partial charge in [0.1, 0.15) is 6.61 Å². The lowest BCUT2D eigenvalue weighted by atomic mass is 9.33. The summed E-state index contributed by atoms with van der Waals surface area (Å²) in [5.41, 5.74) is 1.69. The second-order valence-electron chi connectivity index (χ2n) is 17.4. The standard InChI is InChI=1S/C38H60O5/c1-24-14-19-38(33(40)42-23-25(2)39)21-20-36(7)27(32(38)26(24)3)12-13-29-35(6)17-16-30(43-31-11-9-10-22-41-31)34(4,5)28(35)15-18-37(29,36)8/h12,24,26,28-32H,9-11,13-23H2,1-8H3/t24-,26+,28?,29-,30+,31?,32+,35+,36-,37-,38+/m1/s1. The van der Waals surface area contributed by atoms with Crippen molar-refractivity contribution in [2.24, 2.45) is 56.7 Å². The third-order valence-electron chi connectivity index (χ3n) is 15.2. The Labute approximate surface area is 261 Å². The molecule has 5 heteroatoms. The summed E-state index contributed by atoms with van der Waals surface area (Å²) < 4.78 is 18.6. The fourth-order valence-electron chi connectivity index (χ4n) is 12.4. The Morgan fingerprint density at radius 2 is 1.67 bits per heavy atom. The molecule has 6 rings (SSSR count). The maximum absolute atomic E-state index is 13.9. The quantitative estimate of drug-likeness (QED) is 0.180. The first kappa shape index (κ1) is 31.8. The molecule has 0 aromatic rings. The number of carbonyl (C=O) groups excluding carboxylic acids is 2. The van der Waals surface area contributed by atoms with Crippen LogP contribution in [-0.4, -0.2) is 37.4 Å². The highest BCUT2D eigenvalue weighted by Crippen LogP contribution is 2.76. The summed E-state index contributed by atoms with van der Waals surface area (Å²) in [5.74, 6) is 2.25. The Bertz CT molecular complexity index is 1140. The SMILES string of the molecule is CC(=O)COC(=O)[C@]12CC[C@@H](C)[C@H](C)[C@H]1C1=CC[C@@H]3[C@@]4(C)CC[C@H](OC5CCCCO5)C(C)(C)C4CC[C@@]3(C)[C@]1(C)CC2. The zero-order chi connectivity index (χ0) is 31.0. The Morgan fingerprint density at radius 1 is 0.907 bits per heavy atom. The second kappa shape index (κ2) is 11.0. The predicted molar refractivity (Wildman–Crippen MR) is 169 cm³/mol. The lowest BCUT2D eigenvalue weighted by Gasteiger charge is -2.71. The predicted octanol–water partition coefficient (Wildman–Crippen LogP) is 8.69. The second-order valence-corrected chi connectivity index (χ2v) is 17.4. The zero-order valence-electron chi connectivity index (χ0n) is 28.6. The normalized spacial score (nSPS) is 48.9. The minimum Gasteiger partial charge on any atom is -0.457 e. The van der Waals surface area contributed by atoms with E-state index in [9.17, 15) is 9.59 Å². The van der Waals surface area contributed by atoms with Crippen LogP contribution in [-0.2, 0) is 23.8 Å². The van der Waals surface area contributed by atoms with E-state index >= 15 is 0 Å². The molecule has 1 heterocycles. The van der Waals surface area contributed by atoms with E-state index < -0.39 is 5.41 Å².